The number of rotatable bonds is 4. The first-order chi connectivity index (χ1) is 8.74. The lowest BCUT2D eigenvalue weighted by molar-refractivity contribution is 0.902. The summed E-state index contributed by atoms with van der Waals surface area (Å²) in [4.78, 5) is 0. The molecule has 0 saturated heterocycles. The summed E-state index contributed by atoms with van der Waals surface area (Å²) < 4.78 is 1.85. The zero-order chi connectivity index (χ0) is 13.0. The van der Waals surface area contributed by atoms with Gasteiger partial charge in [-0.05, 0) is 29.7 Å². The van der Waals surface area contributed by atoms with E-state index >= 15 is 0 Å². The summed E-state index contributed by atoms with van der Waals surface area (Å²) in [6.45, 7) is 2.89. The molecular formula is C15H17N3. The number of anilines is 1. The predicted molar refractivity (Wildman–Crippen MR) is 73.3 cm³/mol. The van der Waals surface area contributed by atoms with E-state index in [1.54, 1.807) is 0 Å². The highest BCUT2D eigenvalue weighted by molar-refractivity contribution is 5.51. The maximum absolute atomic E-state index is 8.91. The minimum absolute atomic E-state index is 0.690. The highest BCUT2D eigenvalue weighted by Gasteiger charge is 2.03. The number of nitrogens with one attached hydrogen (secondary N) is 1. The lowest BCUT2D eigenvalue weighted by Gasteiger charge is -2.09. The van der Waals surface area contributed by atoms with Crippen molar-refractivity contribution in [3.63, 3.8) is 0 Å². The van der Waals surface area contributed by atoms with Gasteiger partial charge in [0.2, 0.25) is 0 Å². The van der Waals surface area contributed by atoms with Gasteiger partial charge in [0.1, 0.15) is 11.8 Å². The van der Waals surface area contributed by atoms with Gasteiger partial charge >= 0.3 is 0 Å². The molecule has 3 heteroatoms. The zero-order valence-corrected chi connectivity index (χ0v) is 10.8. The van der Waals surface area contributed by atoms with Gasteiger partial charge in [-0.2, -0.15) is 5.26 Å². The largest absolute Gasteiger partial charge is 0.381 e. The highest BCUT2D eigenvalue weighted by atomic mass is 14.9. The van der Waals surface area contributed by atoms with Gasteiger partial charge in [0.15, 0.2) is 0 Å². The summed E-state index contributed by atoms with van der Waals surface area (Å²) in [7, 11) is 1.89. The van der Waals surface area contributed by atoms with Crippen LogP contribution in [0.5, 0.6) is 0 Å². The van der Waals surface area contributed by atoms with Gasteiger partial charge in [-0.1, -0.05) is 25.1 Å². The molecule has 0 spiro atoms. The molecule has 92 valence electrons. The van der Waals surface area contributed by atoms with E-state index in [-0.39, 0.29) is 0 Å². The van der Waals surface area contributed by atoms with Crippen molar-refractivity contribution < 1.29 is 0 Å². The molecule has 0 bridgehead atoms. The van der Waals surface area contributed by atoms with Crippen LogP contribution in [0.2, 0.25) is 0 Å². The molecule has 3 nitrogen and oxygen atoms in total. The zero-order valence-electron chi connectivity index (χ0n) is 10.8. The van der Waals surface area contributed by atoms with E-state index in [0.717, 1.165) is 18.5 Å². The van der Waals surface area contributed by atoms with Crippen molar-refractivity contribution in [2.75, 3.05) is 5.32 Å². The van der Waals surface area contributed by atoms with Crippen molar-refractivity contribution in [3.8, 4) is 6.07 Å². The molecule has 1 N–H and O–H groups in total. The van der Waals surface area contributed by atoms with Crippen LogP contribution in [-0.4, -0.2) is 4.57 Å². The molecular weight excluding hydrogens is 222 g/mol. The number of nitriles is 1. The van der Waals surface area contributed by atoms with E-state index in [9.17, 15) is 0 Å². The van der Waals surface area contributed by atoms with Crippen LogP contribution in [0.3, 0.4) is 0 Å². The second-order valence-electron chi connectivity index (χ2n) is 4.32. The molecule has 1 aromatic heterocycles. The number of benzene rings is 1. The van der Waals surface area contributed by atoms with Crippen molar-refractivity contribution in [3.05, 3.63) is 53.3 Å². The van der Waals surface area contributed by atoms with Crippen LogP contribution in [0.25, 0.3) is 0 Å². The number of nitrogens with zero attached hydrogens (tertiary/aromatic N) is 2. The van der Waals surface area contributed by atoms with Gasteiger partial charge < -0.3 is 9.88 Å². The molecule has 0 saturated carbocycles. The number of aryl methyl sites for hydroxylation is 2. The van der Waals surface area contributed by atoms with Crippen LogP contribution in [-0.2, 0) is 20.0 Å². The standard InChI is InChI=1S/C15H17N3/c1-3-13-6-4-5-7-15(13)17-10-12-8-14(9-16)18(2)11-12/h4-8,11,17H,3,10H2,1-2H3. The molecule has 1 heterocycles. The maximum atomic E-state index is 8.91. The van der Waals surface area contributed by atoms with Gasteiger partial charge in [-0.3, -0.25) is 0 Å². The normalized spacial score (nSPS) is 10.1. The van der Waals surface area contributed by atoms with E-state index < -0.39 is 0 Å². The molecule has 0 amide bonds. The quantitative estimate of drug-likeness (QED) is 0.890. The summed E-state index contributed by atoms with van der Waals surface area (Å²) >= 11 is 0. The topological polar surface area (TPSA) is 40.8 Å². The Morgan fingerprint density at radius 1 is 1.33 bits per heavy atom. The Morgan fingerprint density at radius 2 is 2.11 bits per heavy atom. The van der Waals surface area contributed by atoms with Crippen molar-refractivity contribution in [1.29, 1.82) is 5.26 Å². The molecule has 2 aromatic rings. The van der Waals surface area contributed by atoms with Crippen molar-refractivity contribution in [1.82, 2.24) is 4.57 Å². The third-order valence-electron chi connectivity index (χ3n) is 3.06. The molecule has 0 atom stereocenters. The molecule has 2 rings (SSSR count). The number of para-hydroxylation sites is 1. The van der Waals surface area contributed by atoms with E-state index in [4.69, 9.17) is 5.26 Å². The molecule has 0 aliphatic heterocycles. The fourth-order valence-electron chi connectivity index (χ4n) is 2.04. The van der Waals surface area contributed by atoms with Gasteiger partial charge in [0, 0.05) is 25.5 Å². The second-order valence-corrected chi connectivity index (χ2v) is 4.32. The Hall–Kier alpha value is -2.21. The van der Waals surface area contributed by atoms with Gasteiger partial charge in [0.05, 0.1) is 0 Å². The van der Waals surface area contributed by atoms with Crippen molar-refractivity contribution in [2.45, 2.75) is 19.9 Å². The van der Waals surface area contributed by atoms with Crippen LogP contribution in [0, 0.1) is 11.3 Å². The Kier molecular flexibility index (Phi) is 3.69. The van der Waals surface area contributed by atoms with E-state index in [1.807, 2.05) is 29.9 Å². The van der Waals surface area contributed by atoms with E-state index in [2.05, 4.69) is 36.5 Å². The van der Waals surface area contributed by atoms with Crippen LogP contribution in [0.4, 0.5) is 5.69 Å². The average Bonchev–Trinajstić information content (AvgIpc) is 2.77. The molecule has 0 fully saturated rings. The minimum atomic E-state index is 0.690. The average molecular weight is 239 g/mol. The van der Waals surface area contributed by atoms with Crippen LogP contribution >= 0.6 is 0 Å². The Labute approximate surface area is 108 Å². The third kappa shape index (κ3) is 2.54. The first kappa shape index (κ1) is 12.3. The number of hydrogen-bond acceptors (Lipinski definition) is 2. The van der Waals surface area contributed by atoms with Gasteiger partial charge in [-0.15, -0.1) is 0 Å². The lowest BCUT2D eigenvalue weighted by Crippen LogP contribution is -2.01. The fraction of sp³-hybridized carbons (Fsp3) is 0.267. The Balaban J connectivity index is 2.09. The van der Waals surface area contributed by atoms with Crippen LogP contribution in [0.1, 0.15) is 23.7 Å². The Morgan fingerprint density at radius 3 is 2.78 bits per heavy atom. The summed E-state index contributed by atoms with van der Waals surface area (Å²) in [6.07, 6.45) is 3.00. The smallest absolute Gasteiger partial charge is 0.120 e. The third-order valence-corrected chi connectivity index (χ3v) is 3.06. The SMILES string of the molecule is CCc1ccccc1NCc1cc(C#N)n(C)c1. The summed E-state index contributed by atoms with van der Waals surface area (Å²) in [6, 6.07) is 12.4. The van der Waals surface area contributed by atoms with E-state index in [0.29, 0.717) is 5.69 Å². The summed E-state index contributed by atoms with van der Waals surface area (Å²) in [5.74, 6) is 0. The molecule has 0 aliphatic carbocycles. The van der Waals surface area contributed by atoms with Crippen molar-refractivity contribution >= 4 is 5.69 Å². The second kappa shape index (κ2) is 5.42. The molecule has 0 unspecified atom stereocenters. The fourth-order valence-corrected chi connectivity index (χ4v) is 2.04. The summed E-state index contributed by atoms with van der Waals surface area (Å²) in [5.41, 5.74) is 4.30. The molecule has 1 aromatic carbocycles. The van der Waals surface area contributed by atoms with Gasteiger partial charge in [-0.25, -0.2) is 0 Å². The number of aromatic nitrogens is 1. The first-order valence-corrected chi connectivity index (χ1v) is 6.11. The molecule has 18 heavy (non-hydrogen) atoms. The number of hydrogen-bond donors (Lipinski definition) is 1. The maximum Gasteiger partial charge on any atom is 0.120 e. The molecule has 0 radical (unpaired) electrons. The lowest BCUT2D eigenvalue weighted by atomic mass is 10.1. The summed E-state index contributed by atoms with van der Waals surface area (Å²) in [5, 5.41) is 12.3. The Bertz CT molecular complexity index is 576. The van der Waals surface area contributed by atoms with Crippen LogP contribution < -0.4 is 5.32 Å². The van der Waals surface area contributed by atoms with Gasteiger partial charge in [0.25, 0.3) is 0 Å². The minimum Gasteiger partial charge on any atom is -0.381 e. The predicted octanol–water partition coefficient (Wildman–Crippen LogP) is 3.07. The van der Waals surface area contributed by atoms with E-state index in [1.165, 1.54) is 11.3 Å². The first-order valence-electron chi connectivity index (χ1n) is 6.11. The molecule has 0 aliphatic rings. The monoisotopic (exact) mass is 239 g/mol. The van der Waals surface area contributed by atoms with Crippen LogP contribution in [0.15, 0.2) is 36.5 Å². The van der Waals surface area contributed by atoms with Crippen molar-refractivity contribution in [2.24, 2.45) is 7.05 Å². The highest BCUT2D eigenvalue weighted by Crippen LogP contribution is 2.17.